The van der Waals surface area contributed by atoms with E-state index in [1.165, 1.54) is 6.07 Å². The van der Waals surface area contributed by atoms with Crippen molar-refractivity contribution in [2.45, 2.75) is 114 Å². The van der Waals surface area contributed by atoms with E-state index in [0.717, 1.165) is 64.8 Å². The van der Waals surface area contributed by atoms with Crippen LogP contribution in [0.25, 0.3) is 32.7 Å². The molecule has 24 nitrogen and oxygen atoms in total. The predicted octanol–water partition coefficient (Wildman–Crippen LogP) is 9.11. The smallest absolute Gasteiger partial charge is 0.296 e. The van der Waals surface area contributed by atoms with Crippen molar-refractivity contribution >= 4 is 94.1 Å². The zero-order valence-corrected chi connectivity index (χ0v) is 53.8. The molecule has 5 amide bonds. The van der Waals surface area contributed by atoms with Crippen molar-refractivity contribution in [3.63, 3.8) is 0 Å². The van der Waals surface area contributed by atoms with Gasteiger partial charge in [0.1, 0.15) is 21.5 Å². The van der Waals surface area contributed by atoms with Crippen LogP contribution in [0.1, 0.15) is 94.2 Å². The first kappa shape index (κ1) is 71.5. The number of benzene rings is 6. The average molecular weight is 1310 g/mol. The first-order valence-electron chi connectivity index (χ1n) is 31.0. The maximum Gasteiger partial charge on any atom is 0.296 e. The van der Waals surface area contributed by atoms with Gasteiger partial charge in [0.05, 0.1) is 69.6 Å². The summed E-state index contributed by atoms with van der Waals surface area (Å²) < 4.78 is 89.7. The molecule has 0 radical (unpaired) electrons. The normalized spacial score (nSPS) is 14.7. The van der Waals surface area contributed by atoms with Crippen molar-refractivity contribution in [3.05, 3.63) is 114 Å². The number of phenolic OH excluding ortho intramolecular Hbond substituents is 1. The van der Waals surface area contributed by atoms with Crippen molar-refractivity contribution in [3.8, 4) is 16.9 Å². The number of rotatable bonds is 36. The summed E-state index contributed by atoms with van der Waals surface area (Å²) >= 11 is 0. The van der Waals surface area contributed by atoms with Crippen LogP contribution in [0.4, 0.5) is 22.7 Å². The molecule has 1 saturated carbocycles. The molecular weight excluding hydrogens is 1220 g/mol. The highest BCUT2D eigenvalue weighted by molar-refractivity contribution is 7.87. The first-order valence-corrected chi connectivity index (χ1v) is 33.8. The number of nitrogens with zero attached hydrogens (tertiary/aromatic N) is 2. The molecule has 6 aromatic carbocycles. The molecule has 92 heavy (non-hydrogen) atoms. The molecule has 0 aliphatic heterocycles. The van der Waals surface area contributed by atoms with Crippen LogP contribution in [-0.4, -0.2) is 139 Å². The van der Waals surface area contributed by atoms with Crippen molar-refractivity contribution in [1.29, 1.82) is 0 Å². The minimum absolute atomic E-state index is 0.0898. The molecule has 26 heteroatoms. The van der Waals surface area contributed by atoms with E-state index in [4.69, 9.17) is 24.7 Å². The van der Waals surface area contributed by atoms with Gasteiger partial charge in [-0.15, -0.1) is 5.11 Å². The number of amides is 5. The van der Waals surface area contributed by atoms with Gasteiger partial charge in [-0.25, -0.2) is 0 Å². The van der Waals surface area contributed by atoms with Crippen LogP contribution >= 0.6 is 0 Å². The van der Waals surface area contributed by atoms with Gasteiger partial charge >= 0.3 is 0 Å². The summed E-state index contributed by atoms with van der Waals surface area (Å²) in [5.41, 5.74) is 10.4. The van der Waals surface area contributed by atoms with Crippen LogP contribution in [-0.2, 0) is 69.6 Å². The monoisotopic (exact) mass is 1310 g/mol. The molecule has 1 aliphatic rings. The lowest BCUT2D eigenvalue weighted by Gasteiger charge is -2.29. The molecule has 7 rings (SSSR count). The number of nitrogens with one attached hydrogen (secondary N) is 5. The minimum atomic E-state index is -5.07. The Bertz CT molecular complexity index is 3800. The molecule has 496 valence electrons. The van der Waals surface area contributed by atoms with Gasteiger partial charge in [0.15, 0.2) is 5.75 Å². The zero-order valence-electron chi connectivity index (χ0n) is 52.2. The van der Waals surface area contributed by atoms with Gasteiger partial charge < -0.3 is 56.4 Å². The van der Waals surface area contributed by atoms with E-state index in [0.29, 0.717) is 121 Å². The van der Waals surface area contributed by atoms with Gasteiger partial charge in [-0.1, -0.05) is 74.0 Å². The number of aromatic hydroxyl groups is 1. The standard InChI is InChI=1S/C66H84N8O16S2/c1-4-27-69-66(80)56(40-46-15-16-47-10-7-8-11-49(47)39-46)72-65(79)48-17-13-45(14-18-48)42-70-60(76)26-30-88-32-34-90-36-35-89-33-31-87-29-25-59(75)68-28-9-5-6-12-61(77)71-53-22-19-50(37-43(53)2)51-20-23-54(44(3)38-51)73-74-55-24-21-52-57(91(81,82)83)41-58(92(84,85)86)63(67)62(52)64(55)78/h7-8,10-11,15-16,19-24,37-39,41,45,48,56,78H,4-6,9,12-14,17-18,25-36,40,42,67H2,1-3H3,(H,68,75)(H,69,80)(H,70,76)(H,71,77)(H,72,79)(H,81,82,83)(H,84,85,86)/b74-73+/t45?,48?,56-/m0/s1. The molecule has 1 fully saturated rings. The van der Waals surface area contributed by atoms with Gasteiger partial charge in [0.25, 0.3) is 20.2 Å². The van der Waals surface area contributed by atoms with E-state index in [2.05, 4.69) is 42.9 Å². The maximum absolute atomic E-state index is 13.4. The second kappa shape index (κ2) is 35.2. The Kier molecular flexibility index (Phi) is 27.3. The number of hydrogen-bond acceptors (Lipinski definition) is 17. The Balaban J connectivity index is 0.661. The number of carbonyl (C=O) groups is 5. The quantitative estimate of drug-likeness (QED) is 0.00766. The Morgan fingerprint density at radius 2 is 1.21 bits per heavy atom. The van der Waals surface area contributed by atoms with Crippen LogP contribution in [0.3, 0.4) is 0 Å². The van der Waals surface area contributed by atoms with Gasteiger partial charge in [0.2, 0.25) is 29.5 Å². The second-order valence-electron chi connectivity index (χ2n) is 22.7. The largest absolute Gasteiger partial charge is 0.505 e. The third-order valence-corrected chi connectivity index (χ3v) is 17.6. The second-order valence-corrected chi connectivity index (χ2v) is 25.5. The Hall–Kier alpha value is -7.95. The Morgan fingerprint density at radius 3 is 1.84 bits per heavy atom. The number of ether oxygens (including phenoxy) is 4. The summed E-state index contributed by atoms with van der Waals surface area (Å²) in [5, 5.41) is 35.6. The van der Waals surface area contributed by atoms with E-state index in [1.807, 2.05) is 74.5 Å². The van der Waals surface area contributed by atoms with Crippen LogP contribution in [0.2, 0.25) is 0 Å². The summed E-state index contributed by atoms with van der Waals surface area (Å²) in [6, 6.07) is 27.4. The number of hydrogen-bond donors (Lipinski definition) is 9. The third kappa shape index (κ3) is 21.9. The summed E-state index contributed by atoms with van der Waals surface area (Å²) in [6.45, 7) is 9.85. The van der Waals surface area contributed by atoms with Gasteiger partial charge in [-0.05, 0) is 140 Å². The number of anilines is 2. The fourth-order valence-corrected chi connectivity index (χ4v) is 12.1. The summed E-state index contributed by atoms with van der Waals surface area (Å²) in [5.74, 6) is -1.27. The Morgan fingerprint density at radius 1 is 0.609 bits per heavy atom. The summed E-state index contributed by atoms with van der Waals surface area (Å²) in [4.78, 5) is 62.3. The first-order chi connectivity index (χ1) is 44.1. The van der Waals surface area contributed by atoms with Gasteiger partial charge in [-0.2, -0.15) is 21.9 Å². The molecule has 10 N–H and O–H groups in total. The highest BCUT2D eigenvalue weighted by Crippen LogP contribution is 2.44. The van der Waals surface area contributed by atoms with Crippen molar-refractivity contribution in [2.24, 2.45) is 22.1 Å². The summed E-state index contributed by atoms with van der Waals surface area (Å²) in [7, 11) is -10.1. The highest BCUT2D eigenvalue weighted by atomic mass is 32.2. The average Bonchev–Trinajstić information content (AvgIpc) is 0.750. The molecule has 6 aromatic rings. The molecule has 0 spiro atoms. The molecule has 0 aromatic heterocycles. The third-order valence-electron chi connectivity index (χ3n) is 15.8. The fraction of sp³-hybridized carbons (Fsp3) is 0.439. The predicted molar refractivity (Wildman–Crippen MR) is 349 cm³/mol. The number of phenols is 1. The molecule has 0 unspecified atom stereocenters. The van der Waals surface area contributed by atoms with E-state index >= 15 is 0 Å². The number of unbranched alkanes of at least 4 members (excludes halogenated alkanes) is 2. The zero-order chi connectivity index (χ0) is 66.2. The van der Waals surface area contributed by atoms with Gasteiger partial charge in [-0.3, -0.25) is 33.1 Å². The SMILES string of the molecule is CCCNC(=O)[C@H](Cc1ccc2ccccc2c1)NC(=O)C1CCC(CNC(=O)CCOCCOCCOCCOCCC(=O)NCCCCCC(=O)Nc2ccc(-c3ccc(/N=N/c4ccc5c(S(=O)(=O)O)cc(S(=O)(=O)O)c(N)c5c4O)c(C)c3)cc2C)CC1. The number of nitrogen functional groups attached to an aromatic ring is 1. The minimum Gasteiger partial charge on any atom is -0.505 e. The Labute approximate surface area is 536 Å². The fourth-order valence-electron chi connectivity index (χ4n) is 10.7. The molecular formula is C66H84N8O16S2. The number of carbonyl (C=O) groups excluding carboxylic acids is 5. The topological polar surface area (TPSA) is 362 Å². The molecule has 1 atom stereocenters. The number of azo groups is 1. The maximum atomic E-state index is 13.4. The number of fused-ring (bicyclic) bond motifs is 2. The molecule has 0 heterocycles. The molecule has 0 saturated heterocycles. The van der Waals surface area contributed by atoms with Crippen molar-refractivity contribution in [1.82, 2.24) is 21.3 Å². The lowest BCUT2D eigenvalue weighted by molar-refractivity contribution is -0.132. The van der Waals surface area contributed by atoms with E-state index in [1.54, 1.807) is 19.1 Å². The lowest BCUT2D eigenvalue weighted by Crippen LogP contribution is -2.50. The summed E-state index contributed by atoms with van der Waals surface area (Å²) in [6.07, 6.45) is 7.06. The molecule has 0 bridgehead atoms. The number of nitrogens with two attached hydrogens (primary N) is 1. The highest BCUT2D eigenvalue weighted by Gasteiger charge is 2.31. The number of aryl methyl sites for hydroxylation is 2. The van der Waals surface area contributed by atoms with Crippen molar-refractivity contribution in [2.75, 3.05) is 83.5 Å². The van der Waals surface area contributed by atoms with Crippen LogP contribution in [0.5, 0.6) is 5.75 Å². The van der Waals surface area contributed by atoms with Crippen LogP contribution < -0.4 is 32.3 Å². The van der Waals surface area contributed by atoms with E-state index in [-0.39, 0.29) is 78.5 Å². The lowest BCUT2D eigenvalue weighted by atomic mass is 9.81. The molecule has 1 aliphatic carbocycles. The van der Waals surface area contributed by atoms with E-state index < -0.39 is 52.9 Å². The van der Waals surface area contributed by atoms with E-state index in [9.17, 15) is 55.0 Å². The van der Waals surface area contributed by atoms with Crippen molar-refractivity contribution < 1.29 is 74.0 Å². The van der Waals surface area contributed by atoms with Crippen LogP contribution in [0, 0.1) is 25.7 Å². The van der Waals surface area contributed by atoms with Gasteiger partial charge in [0, 0.05) is 62.3 Å². The van der Waals surface area contributed by atoms with Crippen LogP contribution in [0.15, 0.2) is 117 Å².